The number of rotatable bonds is 4. The molecule has 26 heavy (non-hydrogen) atoms. The van der Waals surface area contributed by atoms with Crippen LogP contribution in [0.5, 0.6) is 5.75 Å². The zero-order valence-electron chi connectivity index (χ0n) is 14.3. The monoisotopic (exact) mass is 348 g/mol. The first-order valence-corrected chi connectivity index (χ1v) is 8.00. The zero-order chi connectivity index (χ0) is 18.3. The molecule has 0 unspecified atom stereocenters. The normalized spacial score (nSPS) is 11.0. The third-order valence-electron chi connectivity index (χ3n) is 4.37. The van der Waals surface area contributed by atoms with E-state index in [0.29, 0.717) is 11.3 Å². The van der Waals surface area contributed by atoms with Crippen molar-refractivity contribution in [1.82, 2.24) is 14.0 Å². The summed E-state index contributed by atoms with van der Waals surface area (Å²) in [5.74, 6) is 1.57. The number of ether oxygens (including phenoxy) is 1. The van der Waals surface area contributed by atoms with E-state index in [0.717, 1.165) is 22.8 Å². The van der Waals surface area contributed by atoms with Gasteiger partial charge >= 0.3 is 0 Å². The van der Waals surface area contributed by atoms with Crippen molar-refractivity contribution >= 4 is 11.5 Å². The van der Waals surface area contributed by atoms with Crippen molar-refractivity contribution < 1.29 is 9.66 Å². The van der Waals surface area contributed by atoms with Gasteiger partial charge in [0.1, 0.15) is 5.75 Å². The van der Waals surface area contributed by atoms with Crippen molar-refractivity contribution in [2.75, 3.05) is 7.11 Å². The van der Waals surface area contributed by atoms with Crippen LogP contribution in [0.2, 0.25) is 0 Å². The van der Waals surface area contributed by atoms with Crippen LogP contribution in [0.3, 0.4) is 0 Å². The smallest absolute Gasteiger partial charge is 0.270 e. The van der Waals surface area contributed by atoms with Gasteiger partial charge in [0.25, 0.3) is 5.69 Å². The molecule has 0 radical (unpaired) electrons. The molecule has 0 bridgehead atoms. The topological polar surface area (TPSA) is 74.6 Å². The maximum Gasteiger partial charge on any atom is 0.270 e. The summed E-state index contributed by atoms with van der Waals surface area (Å²) in [6.45, 7) is 0. The van der Waals surface area contributed by atoms with Crippen LogP contribution in [0, 0.1) is 10.1 Å². The summed E-state index contributed by atoms with van der Waals surface area (Å²) in [5, 5.41) is 11.0. The molecule has 0 aliphatic carbocycles. The first-order valence-electron chi connectivity index (χ1n) is 8.00. The average molecular weight is 348 g/mol. The largest absolute Gasteiger partial charge is 0.497 e. The van der Waals surface area contributed by atoms with Crippen molar-refractivity contribution in [1.29, 1.82) is 0 Å². The van der Waals surface area contributed by atoms with E-state index in [1.165, 1.54) is 12.1 Å². The molecular weight excluding hydrogens is 332 g/mol. The quantitative estimate of drug-likeness (QED) is 0.414. The van der Waals surface area contributed by atoms with E-state index >= 15 is 0 Å². The van der Waals surface area contributed by atoms with Gasteiger partial charge in [-0.15, -0.1) is 0 Å². The van der Waals surface area contributed by atoms with Crippen LogP contribution in [0.1, 0.15) is 0 Å². The molecule has 0 saturated carbocycles. The minimum absolute atomic E-state index is 0.0541. The van der Waals surface area contributed by atoms with Crippen LogP contribution < -0.4 is 4.74 Å². The summed E-state index contributed by atoms with van der Waals surface area (Å²) in [5.41, 5.74) is 3.53. The predicted molar refractivity (Wildman–Crippen MR) is 98.2 cm³/mol. The molecule has 0 fully saturated rings. The Kier molecular flexibility index (Phi) is 3.69. The van der Waals surface area contributed by atoms with Gasteiger partial charge in [-0.05, 0) is 29.8 Å². The molecule has 4 rings (SSSR count). The second kappa shape index (κ2) is 6.03. The lowest BCUT2D eigenvalue weighted by atomic mass is 10.1. The molecule has 2 aromatic heterocycles. The molecular formula is C19H16N4O3. The number of fused-ring (bicyclic) bond motifs is 1. The molecule has 7 nitrogen and oxygen atoms in total. The van der Waals surface area contributed by atoms with Crippen LogP contribution in [-0.4, -0.2) is 26.0 Å². The third kappa shape index (κ3) is 2.59. The maximum absolute atomic E-state index is 11.0. The summed E-state index contributed by atoms with van der Waals surface area (Å²) in [7, 11) is 3.58. The van der Waals surface area contributed by atoms with Gasteiger partial charge in [0.15, 0.2) is 0 Å². The number of nitro groups is 1. The highest BCUT2D eigenvalue weighted by atomic mass is 16.6. The van der Waals surface area contributed by atoms with E-state index in [4.69, 9.17) is 4.74 Å². The van der Waals surface area contributed by atoms with E-state index in [1.54, 1.807) is 13.2 Å². The molecule has 2 heterocycles. The molecule has 0 spiro atoms. The Hall–Kier alpha value is -3.61. The Balaban J connectivity index is 1.75. The van der Waals surface area contributed by atoms with Gasteiger partial charge in [-0.1, -0.05) is 12.1 Å². The number of hydrogen-bond donors (Lipinski definition) is 0. The van der Waals surface area contributed by atoms with Crippen molar-refractivity contribution in [2.45, 2.75) is 0 Å². The average Bonchev–Trinajstić information content (AvgIpc) is 3.22. The van der Waals surface area contributed by atoms with Crippen LogP contribution in [-0.2, 0) is 7.05 Å². The van der Waals surface area contributed by atoms with Crippen molar-refractivity contribution in [3.63, 3.8) is 0 Å². The van der Waals surface area contributed by atoms with E-state index < -0.39 is 4.92 Å². The van der Waals surface area contributed by atoms with Crippen LogP contribution in [0.15, 0.2) is 60.9 Å². The molecule has 2 aromatic carbocycles. The zero-order valence-corrected chi connectivity index (χ0v) is 14.3. The number of nitro benzene ring substituents is 1. The lowest BCUT2D eigenvalue weighted by molar-refractivity contribution is -0.384. The van der Waals surface area contributed by atoms with E-state index in [2.05, 4.69) is 4.98 Å². The molecule has 0 aliphatic rings. The number of non-ortho nitro benzene ring substituents is 1. The lowest BCUT2D eigenvalue weighted by Gasteiger charge is -2.04. The van der Waals surface area contributed by atoms with Gasteiger partial charge in [-0.25, -0.2) is 4.98 Å². The van der Waals surface area contributed by atoms with Crippen molar-refractivity contribution in [3.8, 4) is 28.3 Å². The highest BCUT2D eigenvalue weighted by Crippen LogP contribution is 2.28. The molecule has 130 valence electrons. The number of hydrogen-bond acceptors (Lipinski definition) is 4. The third-order valence-corrected chi connectivity index (χ3v) is 4.37. The minimum atomic E-state index is -0.402. The molecule has 0 aliphatic heterocycles. The Labute approximate surface area is 149 Å². The summed E-state index contributed by atoms with van der Waals surface area (Å²) in [4.78, 5) is 15.2. The fourth-order valence-electron chi connectivity index (χ4n) is 3.00. The molecule has 0 N–H and O–H groups in total. The summed E-state index contributed by atoms with van der Waals surface area (Å²) in [6.07, 6.45) is 3.87. The fourth-order valence-corrected chi connectivity index (χ4v) is 3.00. The lowest BCUT2D eigenvalue weighted by Crippen LogP contribution is -1.93. The minimum Gasteiger partial charge on any atom is -0.497 e. The molecule has 7 heteroatoms. The van der Waals surface area contributed by atoms with Gasteiger partial charge < -0.3 is 9.30 Å². The second-order valence-electron chi connectivity index (χ2n) is 5.94. The van der Waals surface area contributed by atoms with Crippen molar-refractivity contribution in [2.24, 2.45) is 7.05 Å². The molecule has 4 aromatic rings. The number of nitrogens with zero attached hydrogens (tertiary/aromatic N) is 4. The molecule has 0 amide bonds. The highest BCUT2D eigenvalue weighted by Gasteiger charge is 2.14. The van der Waals surface area contributed by atoms with Crippen LogP contribution in [0.25, 0.3) is 28.3 Å². The van der Waals surface area contributed by atoms with Crippen LogP contribution >= 0.6 is 0 Å². The maximum atomic E-state index is 11.0. The first-order chi connectivity index (χ1) is 12.6. The SMILES string of the molecule is COc1ccc(-c2cn3cc(-c4cccc([N+](=O)[O-])c4)nc3n2C)cc1. The Morgan fingerprint density at radius 2 is 1.85 bits per heavy atom. The van der Waals surface area contributed by atoms with Crippen LogP contribution in [0.4, 0.5) is 5.69 Å². The number of benzene rings is 2. The fraction of sp³-hybridized carbons (Fsp3) is 0.105. The van der Waals surface area contributed by atoms with Gasteiger partial charge in [0, 0.05) is 37.1 Å². The van der Waals surface area contributed by atoms with E-state index in [1.807, 2.05) is 58.7 Å². The summed E-state index contributed by atoms with van der Waals surface area (Å²) < 4.78 is 9.11. The van der Waals surface area contributed by atoms with Gasteiger partial charge in [-0.3, -0.25) is 14.5 Å². The highest BCUT2D eigenvalue weighted by molar-refractivity contribution is 5.68. The summed E-state index contributed by atoms with van der Waals surface area (Å²) >= 11 is 0. The summed E-state index contributed by atoms with van der Waals surface area (Å²) in [6, 6.07) is 14.3. The Bertz CT molecular complexity index is 1110. The van der Waals surface area contributed by atoms with Gasteiger partial charge in [0.05, 0.1) is 23.4 Å². The molecule has 0 saturated heterocycles. The first kappa shape index (κ1) is 15.9. The van der Waals surface area contributed by atoms with Gasteiger partial charge in [0.2, 0.25) is 5.78 Å². The predicted octanol–water partition coefficient (Wildman–Crippen LogP) is 3.92. The number of methoxy groups -OCH3 is 1. The second-order valence-corrected chi connectivity index (χ2v) is 5.94. The number of aryl methyl sites for hydroxylation is 1. The van der Waals surface area contributed by atoms with Gasteiger partial charge in [-0.2, -0.15) is 0 Å². The standard InChI is InChI=1S/C19H16N4O3/c1-21-18(13-6-8-16(26-2)9-7-13)12-22-11-17(20-19(21)22)14-4-3-5-15(10-14)23(24)25/h3-12H,1-2H3. The van der Waals surface area contributed by atoms with E-state index in [-0.39, 0.29) is 5.69 Å². The number of imidazole rings is 2. The van der Waals surface area contributed by atoms with Crippen molar-refractivity contribution in [3.05, 3.63) is 71.0 Å². The number of aromatic nitrogens is 3. The Morgan fingerprint density at radius 1 is 1.08 bits per heavy atom. The van der Waals surface area contributed by atoms with E-state index in [9.17, 15) is 10.1 Å². The molecule has 0 atom stereocenters. The Morgan fingerprint density at radius 3 is 2.50 bits per heavy atom.